The maximum Gasteiger partial charge on any atom is 0.416 e. The third-order valence-electron chi connectivity index (χ3n) is 2.44. The van der Waals surface area contributed by atoms with Crippen LogP contribution in [0.5, 0.6) is 0 Å². The first kappa shape index (κ1) is 15.4. The van der Waals surface area contributed by atoms with E-state index in [4.69, 9.17) is 11.6 Å². The van der Waals surface area contributed by atoms with Crippen molar-refractivity contribution in [3.05, 3.63) is 55.1 Å². The lowest BCUT2D eigenvalue weighted by atomic mass is 10.1. The van der Waals surface area contributed by atoms with Crippen molar-refractivity contribution in [3.63, 3.8) is 0 Å². The molecule has 0 fully saturated rings. The minimum Gasteiger partial charge on any atom is -0.166 e. The zero-order valence-electron chi connectivity index (χ0n) is 9.14. The SMILES string of the molecule is FC(F)(F)c1ccc(Br)c(C(Br)c2ccc(Cl)s2)c1. The molecule has 2 aromatic rings. The number of halogens is 6. The molecule has 1 aromatic carbocycles. The van der Waals surface area contributed by atoms with Crippen LogP contribution in [0.3, 0.4) is 0 Å². The summed E-state index contributed by atoms with van der Waals surface area (Å²) in [6.45, 7) is 0. The topological polar surface area (TPSA) is 0 Å². The predicted octanol–water partition coefficient (Wildman–Crippen LogP) is 6.67. The van der Waals surface area contributed by atoms with Crippen molar-refractivity contribution in [2.75, 3.05) is 0 Å². The first-order valence-corrected chi connectivity index (χ1v) is 7.95. The summed E-state index contributed by atoms with van der Waals surface area (Å²) < 4.78 is 39.4. The summed E-state index contributed by atoms with van der Waals surface area (Å²) in [5, 5.41) is 0. The van der Waals surface area contributed by atoms with Crippen molar-refractivity contribution in [3.8, 4) is 0 Å². The van der Waals surface area contributed by atoms with Gasteiger partial charge in [0.1, 0.15) is 0 Å². The van der Waals surface area contributed by atoms with Gasteiger partial charge in [-0.05, 0) is 35.9 Å². The fraction of sp³-hybridized carbons (Fsp3) is 0.167. The second kappa shape index (κ2) is 5.76. The van der Waals surface area contributed by atoms with Crippen LogP contribution in [-0.2, 0) is 6.18 Å². The van der Waals surface area contributed by atoms with Gasteiger partial charge in [-0.25, -0.2) is 0 Å². The summed E-state index contributed by atoms with van der Waals surface area (Å²) in [6.07, 6.45) is -4.35. The van der Waals surface area contributed by atoms with Gasteiger partial charge >= 0.3 is 6.18 Å². The van der Waals surface area contributed by atoms with Gasteiger partial charge in [-0.3, -0.25) is 0 Å². The molecular formula is C12H6Br2ClF3S. The van der Waals surface area contributed by atoms with Crippen LogP contribution in [0.2, 0.25) is 4.34 Å². The van der Waals surface area contributed by atoms with Crippen LogP contribution in [0, 0.1) is 0 Å². The van der Waals surface area contributed by atoms with Gasteiger partial charge in [0.2, 0.25) is 0 Å². The molecular weight excluding hydrogens is 428 g/mol. The molecule has 0 saturated carbocycles. The highest BCUT2D eigenvalue weighted by atomic mass is 79.9. The van der Waals surface area contributed by atoms with Crippen LogP contribution >= 0.6 is 54.8 Å². The van der Waals surface area contributed by atoms with E-state index in [1.54, 1.807) is 12.1 Å². The molecule has 2 rings (SSSR count). The molecule has 102 valence electrons. The van der Waals surface area contributed by atoms with Crippen LogP contribution in [0.4, 0.5) is 13.2 Å². The number of thiophene rings is 1. The highest BCUT2D eigenvalue weighted by Gasteiger charge is 2.31. The van der Waals surface area contributed by atoms with Gasteiger partial charge in [-0.15, -0.1) is 11.3 Å². The maximum absolute atomic E-state index is 12.7. The van der Waals surface area contributed by atoms with E-state index in [1.807, 2.05) is 0 Å². The van der Waals surface area contributed by atoms with Crippen molar-refractivity contribution in [2.24, 2.45) is 0 Å². The first-order valence-electron chi connectivity index (χ1n) is 5.05. The second-order valence-electron chi connectivity index (χ2n) is 3.74. The van der Waals surface area contributed by atoms with Crippen molar-refractivity contribution in [2.45, 2.75) is 11.0 Å². The Morgan fingerprint density at radius 1 is 1.16 bits per heavy atom. The van der Waals surface area contributed by atoms with E-state index in [2.05, 4.69) is 31.9 Å². The third kappa shape index (κ3) is 3.54. The fourth-order valence-corrected chi connectivity index (χ4v) is 4.18. The largest absolute Gasteiger partial charge is 0.416 e. The minimum atomic E-state index is -4.35. The quantitative estimate of drug-likeness (QED) is 0.463. The summed E-state index contributed by atoms with van der Waals surface area (Å²) in [5.41, 5.74) is -0.147. The van der Waals surface area contributed by atoms with Crippen molar-refractivity contribution < 1.29 is 13.2 Å². The Balaban J connectivity index is 2.44. The van der Waals surface area contributed by atoms with Crippen molar-refractivity contribution in [1.29, 1.82) is 0 Å². The maximum atomic E-state index is 12.7. The van der Waals surface area contributed by atoms with E-state index in [1.165, 1.54) is 17.4 Å². The lowest BCUT2D eigenvalue weighted by molar-refractivity contribution is -0.137. The van der Waals surface area contributed by atoms with Crippen molar-refractivity contribution >= 4 is 54.8 Å². The molecule has 0 spiro atoms. The molecule has 1 heterocycles. The molecule has 0 radical (unpaired) electrons. The zero-order valence-corrected chi connectivity index (χ0v) is 13.9. The monoisotopic (exact) mass is 432 g/mol. The lowest BCUT2D eigenvalue weighted by Gasteiger charge is -2.14. The molecule has 19 heavy (non-hydrogen) atoms. The van der Waals surface area contributed by atoms with Gasteiger partial charge in [0.25, 0.3) is 0 Å². The molecule has 7 heteroatoms. The number of rotatable bonds is 2. The van der Waals surface area contributed by atoms with E-state index in [0.717, 1.165) is 17.0 Å². The van der Waals surface area contributed by atoms with E-state index >= 15 is 0 Å². The summed E-state index contributed by atoms with van der Waals surface area (Å²) in [5.74, 6) is 0. The Labute approximate surface area is 133 Å². The van der Waals surface area contributed by atoms with Crippen LogP contribution in [0.15, 0.2) is 34.8 Å². The smallest absolute Gasteiger partial charge is 0.166 e. The molecule has 1 aromatic heterocycles. The van der Waals surface area contributed by atoms with Crippen LogP contribution < -0.4 is 0 Å². The molecule has 0 amide bonds. The first-order chi connectivity index (χ1) is 8.79. The molecule has 0 bridgehead atoms. The van der Waals surface area contributed by atoms with Gasteiger partial charge in [0.05, 0.1) is 14.7 Å². The highest BCUT2D eigenvalue weighted by Crippen LogP contribution is 2.42. The number of hydrogen-bond donors (Lipinski definition) is 0. The molecule has 0 N–H and O–H groups in total. The molecule has 0 aliphatic carbocycles. The van der Waals surface area contributed by atoms with E-state index in [0.29, 0.717) is 14.4 Å². The summed E-state index contributed by atoms with van der Waals surface area (Å²) in [4.78, 5) is 0.520. The number of alkyl halides is 4. The standard InChI is InChI=1S/C12H6Br2ClF3S/c13-8-2-1-6(12(16,17)18)5-7(8)11(14)9-3-4-10(15)19-9/h1-5,11H. The van der Waals surface area contributed by atoms with Crippen LogP contribution in [0.1, 0.15) is 20.8 Å². The molecule has 0 saturated heterocycles. The summed E-state index contributed by atoms with van der Waals surface area (Å²) in [6, 6.07) is 7.10. The lowest BCUT2D eigenvalue weighted by Crippen LogP contribution is -2.06. The Hall–Kier alpha value is -0.0400. The normalized spacial score (nSPS) is 13.6. The van der Waals surface area contributed by atoms with Crippen molar-refractivity contribution in [1.82, 2.24) is 0 Å². The Morgan fingerprint density at radius 2 is 1.84 bits per heavy atom. The zero-order chi connectivity index (χ0) is 14.2. The molecule has 0 nitrogen and oxygen atoms in total. The van der Waals surface area contributed by atoms with Gasteiger partial charge < -0.3 is 0 Å². The van der Waals surface area contributed by atoms with Crippen LogP contribution in [-0.4, -0.2) is 0 Å². The minimum absolute atomic E-state index is 0.332. The Morgan fingerprint density at radius 3 is 2.37 bits per heavy atom. The van der Waals surface area contributed by atoms with Gasteiger partial charge in [0.15, 0.2) is 0 Å². The average molecular weight is 435 g/mol. The molecule has 1 unspecified atom stereocenters. The van der Waals surface area contributed by atoms with Gasteiger partial charge in [0, 0.05) is 9.35 Å². The summed E-state index contributed by atoms with van der Waals surface area (Å²) in [7, 11) is 0. The van der Waals surface area contributed by atoms with E-state index in [9.17, 15) is 13.2 Å². The molecule has 1 atom stereocenters. The Kier molecular flexibility index (Phi) is 4.65. The van der Waals surface area contributed by atoms with Gasteiger partial charge in [-0.2, -0.15) is 13.2 Å². The Bertz CT molecular complexity index is 595. The average Bonchev–Trinajstić information content (AvgIpc) is 2.74. The summed E-state index contributed by atoms with van der Waals surface area (Å²) >= 11 is 13.9. The fourth-order valence-electron chi connectivity index (χ4n) is 1.53. The number of benzene rings is 1. The second-order valence-corrected chi connectivity index (χ2v) is 7.26. The molecule has 0 aliphatic heterocycles. The number of hydrogen-bond acceptors (Lipinski definition) is 1. The van der Waals surface area contributed by atoms with Crippen LogP contribution in [0.25, 0.3) is 0 Å². The predicted molar refractivity (Wildman–Crippen MR) is 79.2 cm³/mol. The molecule has 0 aliphatic rings. The van der Waals surface area contributed by atoms with E-state index < -0.39 is 11.7 Å². The van der Waals surface area contributed by atoms with Gasteiger partial charge in [-0.1, -0.05) is 43.5 Å². The highest BCUT2D eigenvalue weighted by molar-refractivity contribution is 9.11. The van der Waals surface area contributed by atoms with E-state index in [-0.39, 0.29) is 4.83 Å². The third-order valence-corrected chi connectivity index (χ3v) is 5.75.